The van der Waals surface area contributed by atoms with Crippen LogP contribution in [-0.2, 0) is 9.53 Å². The maximum absolute atomic E-state index is 13.9. The first kappa shape index (κ1) is 22.6. The van der Waals surface area contributed by atoms with E-state index in [4.69, 9.17) is 4.74 Å². The van der Waals surface area contributed by atoms with E-state index in [2.05, 4.69) is 9.98 Å². The number of rotatable bonds is 7. The predicted molar refractivity (Wildman–Crippen MR) is 132 cm³/mol. The number of hydrogen-bond acceptors (Lipinski definition) is 6. The van der Waals surface area contributed by atoms with Gasteiger partial charge in [-0.15, -0.1) is 0 Å². The molecular formula is C28H22N2O4. The number of Topliss-reactive ketones (excluding diaryl/α,β-unsaturated/α-hetero) is 1. The third kappa shape index (κ3) is 4.76. The number of aliphatic imine (C=N–C) groups is 1. The number of ketones is 1. The van der Waals surface area contributed by atoms with Crippen LogP contribution < -0.4 is 0 Å². The number of nitrogens with zero attached hydrogens (tertiary/aromatic N) is 2. The van der Waals surface area contributed by atoms with Crippen molar-refractivity contribution in [2.45, 2.75) is 6.92 Å². The summed E-state index contributed by atoms with van der Waals surface area (Å²) in [6, 6.07) is 26.3. The van der Waals surface area contributed by atoms with Gasteiger partial charge < -0.3 is 9.84 Å². The molecule has 6 heteroatoms. The van der Waals surface area contributed by atoms with Gasteiger partial charge in [0.05, 0.1) is 6.61 Å². The molecule has 0 fully saturated rings. The molecule has 0 aliphatic carbocycles. The summed E-state index contributed by atoms with van der Waals surface area (Å²) in [5.74, 6) is -1.57. The summed E-state index contributed by atoms with van der Waals surface area (Å²) in [5, 5.41) is 12.7. The molecule has 168 valence electrons. The molecule has 34 heavy (non-hydrogen) atoms. The second kappa shape index (κ2) is 10.4. The van der Waals surface area contributed by atoms with Gasteiger partial charge in [-0.25, -0.2) is 14.8 Å². The van der Waals surface area contributed by atoms with Gasteiger partial charge in [0.25, 0.3) is 0 Å². The summed E-state index contributed by atoms with van der Waals surface area (Å²) in [4.78, 5) is 35.6. The molecule has 0 unspecified atom stereocenters. The minimum absolute atomic E-state index is 0.0593. The topological polar surface area (TPSA) is 88.9 Å². The summed E-state index contributed by atoms with van der Waals surface area (Å²) in [7, 11) is 0. The van der Waals surface area contributed by atoms with E-state index in [1.807, 2.05) is 30.3 Å². The van der Waals surface area contributed by atoms with Gasteiger partial charge in [-0.2, -0.15) is 0 Å². The summed E-state index contributed by atoms with van der Waals surface area (Å²) in [6.45, 7) is 1.71. The molecule has 1 aromatic heterocycles. The molecule has 0 saturated heterocycles. The molecular weight excluding hydrogens is 428 g/mol. The third-order valence-electron chi connectivity index (χ3n) is 5.13. The second-order valence-corrected chi connectivity index (χ2v) is 7.31. The van der Waals surface area contributed by atoms with Gasteiger partial charge in [-0.1, -0.05) is 78.9 Å². The van der Waals surface area contributed by atoms with Gasteiger partial charge in [0.2, 0.25) is 5.78 Å². The molecule has 4 rings (SSSR count). The first-order chi connectivity index (χ1) is 16.6. The highest BCUT2D eigenvalue weighted by molar-refractivity contribution is 6.58. The summed E-state index contributed by atoms with van der Waals surface area (Å²) in [5.41, 5.74) is 0.118. The normalized spacial score (nSPS) is 12.2. The van der Waals surface area contributed by atoms with E-state index in [1.165, 1.54) is 6.20 Å². The van der Waals surface area contributed by atoms with Gasteiger partial charge in [-0.3, -0.25) is 4.79 Å². The molecule has 0 bridgehead atoms. The highest BCUT2D eigenvalue weighted by Crippen LogP contribution is 2.25. The average Bonchev–Trinajstić information content (AvgIpc) is 2.88. The van der Waals surface area contributed by atoms with Crippen LogP contribution in [0, 0.1) is 0 Å². The minimum Gasteiger partial charge on any atom is -0.506 e. The Morgan fingerprint density at radius 3 is 2.32 bits per heavy atom. The lowest BCUT2D eigenvalue weighted by atomic mass is 9.94. The number of aliphatic hydroxyl groups excluding tert-OH is 1. The molecule has 0 atom stereocenters. The lowest BCUT2D eigenvalue weighted by Gasteiger charge is -2.14. The lowest BCUT2D eigenvalue weighted by Crippen LogP contribution is -2.25. The van der Waals surface area contributed by atoms with Crippen molar-refractivity contribution in [1.82, 2.24) is 4.98 Å². The minimum atomic E-state index is -0.855. The lowest BCUT2D eigenvalue weighted by molar-refractivity contribution is -0.137. The molecule has 4 aromatic rings. The zero-order valence-electron chi connectivity index (χ0n) is 18.5. The van der Waals surface area contributed by atoms with Crippen LogP contribution >= 0.6 is 0 Å². The fourth-order valence-electron chi connectivity index (χ4n) is 3.55. The van der Waals surface area contributed by atoms with Crippen molar-refractivity contribution >= 4 is 39.8 Å². The first-order valence-electron chi connectivity index (χ1n) is 10.8. The van der Waals surface area contributed by atoms with Gasteiger partial charge in [0.15, 0.2) is 5.82 Å². The Morgan fingerprint density at radius 1 is 0.882 bits per heavy atom. The van der Waals surface area contributed by atoms with Crippen molar-refractivity contribution in [2.75, 3.05) is 6.61 Å². The molecule has 0 aliphatic heterocycles. The number of fused-ring (bicyclic) bond motifs is 1. The number of ether oxygens (including phenoxy) is 1. The molecule has 1 heterocycles. The Kier molecular flexibility index (Phi) is 6.89. The van der Waals surface area contributed by atoms with Crippen molar-refractivity contribution in [1.29, 1.82) is 0 Å². The molecule has 0 amide bonds. The number of hydrogen-bond donors (Lipinski definition) is 1. The quantitative estimate of drug-likeness (QED) is 0.128. The number of carbonyl (C=O) groups excluding carboxylic acids is 2. The monoisotopic (exact) mass is 450 g/mol. The highest BCUT2D eigenvalue weighted by atomic mass is 16.5. The van der Waals surface area contributed by atoms with Gasteiger partial charge in [0.1, 0.15) is 17.0 Å². The Morgan fingerprint density at radius 2 is 1.59 bits per heavy atom. The third-order valence-corrected chi connectivity index (χ3v) is 5.13. The van der Waals surface area contributed by atoms with E-state index in [0.717, 1.165) is 5.39 Å². The van der Waals surface area contributed by atoms with E-state index in [9.17, 15) is 14.7 Å². The second-order valence-electron chi connectivity index (χ2n) is 7.31. The van der Waals surface area contributed by atoms with Crippen LogP contribution in [0.3, 0.4) is 0 Å². The number of pyridine rings is 1. The van der Waals surface area contributed by atoms with Gasteiger partial charge in [0, 0.05) is 17.3 Å². The molecule has 6 nitrogen and oxygen atoms in total. The molecule has 1 N–H and O–H groups in total. The van der Waals surface area contributed by atoms with Crippen molar-refractivity contribution in [3.63, 3.8) is 0 Å². The van der Waals surface area contributed by atoms with Crippen molar-refractivity contribution in [2.24, 2.45) is 4.99 Å². The van der Waals surface area contributed by atoms with Crippen LogP contribution in [0.5, 0.6) is 0 Å². The van der Waals surface area contributed by atoms with Crippen molar-refractivity contribution in [3.05, 3.63) is 114 Å². The zero-order chi connectivity index (χ0) is 23.9. The smallest absolute Gasteiger partial charge is 0.344 e. The Balaban J connectivity index is 1.99. The number of aliphatic hydroxyl groups is 1. The van der Waals surface area contributed by atoms with E-state index in [0.29, 0.717) is 16.5 Å². The van der Waals surface area contributed by atoms with E-state index in [-0.39, 0.29) is 23.7 Å². The zero-order valence-corrected chi connectivity index (χ0v) is 18.5. The van der Waals surface area contributed by atoms with E-state index < -0.39 is 17.5 Å². The molecule has 0 aliphatic rings. The number of esters is 1. The fraction of sp³-hybridized carbons (Fsp3) is 0.0714. The van der Waals surface area contributed by atoms with Crippen molar-refractivity contribution < 1.29 is 19.4 Å². The Labute approximate surface area is 196 Å². The SMILES string of the molecule is CCOC(=O)C(/C(=N/c1ccccn1)C(=O)c1cccc2ccccc12)=C(/O)c1ccccc1. The number of benzene rings is 3. The maximum Gasteiger partial charge on any atom is 0.344 e. The van der Waals surface area contributed by atoms with Gasteiger partial charge >= 0.3 is 5.97 Å². The maximum atomic E-state index is 13.9. The van der Waals surface area contributed by atoms with Gasteiger partial charge in [-0.05, 0) is 29.8 Å². The van der Waals surface area contributed by atoms with Crippen LogP contribution in [0.1, 0.15) is 22.8 Å². The Hall–Kier alpha value is -4.58. The summed E-state index contributed by atoms with van der Waals surface area (Å²) < 4.78 is 5.23. The molecule has 0 radical (unpaired) electrons. The average molecular weight is 450 g/mol. The van der Waals surface area contributed by atoms with Crippen LogP contribution in [0.4, 0.5) is 5.82 Å². The fourth-order valence-corrected chi connectivity index (χ4v) is 3.55. The summed E-state index contributed by atoms with van der Waals surface area (Å²) >= 11 is 0. The van der Waals surface area contributed by atoms with Crippen molar-refractivity contribution in [3.8, 4) is 0 Å². The highest BCUT2D eigenvalue weighted by Gasteiger charge is 2.30. The Bertz CT molecular complexity index is 1390. The summed E-state index contributed by atoms with van der Waals surface area (Å²) in [6.07, 6.45) is 1.53. The number of aromatic nitrogens is 1. The van der Waals surface area contributed by atoms with Crippen LogP contribution in [0.25, 0.3) is 16.5 Å². The first-order valence-corrected chi connectivity index (χ1v) is 10.8. The van der Waals surface area contributed by atoms with Crippen LogP contribution in [0.15, 0.2) is 108 Å². The van der Waals surface area contributed by atoms with Crippen LogP contribution in [-0.4, -0.2) is 34.2 Å². The standard InChI is InChI=1S/C28H22N2O4/c1-2-34-28(33)24(26(31)20-12-4-3-5-13-20)25(30-23-17-8-9-18-29-23)27(32)22-16-10-14-19-11-6-7-15-21(19)22/h3-18,31H,2H2,1H3/b26-24+,30-25-. The van der Waals surface area contributed by atoms with E-state index in [1.54, 1.807) is 67.6 Å². The largest absolute Gasteiger partial charge is 0.506 e. The van der Waals surface area contributed by atoms with E-state index >= 15 is 0 Å². The number of carbonyl (C=O) groups is 2. The van der Waals surface area contributed by atoms with Crippen LogP contribution in [0.2, 0.25) is 0 Å². The molecule has 3 aromatic carbocycles. The molecule has 0 spiro atoms. The predicted octanol–water partition coefficient (Wildman–Crippen LogP) is 5.72. The molecule has 0 saturated carbocycles.